The Bertz CT molecular complexity index is 381. The topological polar surface area (TPSA) is 40.2 Å². The number of hydrogen-bond donors (Lipinski definition) is 0. The van der Waals surface area contributed by atoms with Crippen LogP contribution in [0.5, 0.6) is 5.75 Å². The molecule has 0 aromatic heterocycles. The highest BCUT2D eigenvalue weighted by atomic mass is 16.8. The summed E-state index contributed by atoms with van der Waals surface area (Å²) in [6.45, 7) is 1.01. The lowest BCUT2D eigenvalue weighted by atomic mass is 10.1. The molecule has 0 amide bonds. The number of hydroxylamine groups is 2. The van der Waals surface area contributed by atoms with Crippen LogP contribution in [-0.4, -0.2) is 45.5 Å². The fourth-order valence-electron chi connectivity index (χ4n) is 2.02. The Balaban J connectivity index is 2.05. The molecule has 5 heteroatoms. The summed E-state index contributed by atoms with van der Waals surface area (Å²) in [5, 5.41) is 1.73. The maximum Gasteiger partial charge on any atom is 0.188 e. The monoisotopic (exact) mass is 253 g/mol. The number of nitrogens with zero attached hydrogens (tertiary/aromatic N) is 1. The summed E-state index contributed by atoms with van der Waals surface area (Å²) in [6, 6.07) is 7.89. The van der Waals surface area contributed by atoms with Gasteiger partial charge in [-0.25, -0.2) is 0 Å². The third kappa shape index (κ3) is 2.81. The Hall–Kier alpha value is -1.14. The molecule has 1 atom stereocenters. The van der Waals surface area contributed by atoms with Gasteiger partial charge in [0.25, 0.3) is 0 Å². The summed E-state index contributed by atoms with van der Waals surface area (Å²) in [5.74, 6) is 0.209. The van der Waals surface area contributed by atoms with Crippen LogP contribution in [0.1, 0.15) is 5.56 Å². The average molecular weight is 253 g/mol. The standard InChI is InChI=1S/C13H19NO4/c1-15-12-6-4-11(5-7-12)8-13(16-2)9-14(17-3)10-18-13/h4-7H,8-10H2,1-3H3. The summed E-state index contributed by atoms with van der Waals surface area (Å²) in [7, 11) is 4.94. The van der Waals surface area contributed by atoms with Gasteiger partial charge < -0.3 is 14.2 Å². The van der Waals surface area contributed by atoms with Gasteiger partial charge in [-0.05, 0) is 17.7 Å². The molecule has 100 valence electrons. The maximum atomic E-state index is 5.70. The van der Waals surface area contributed by atoms with Crippen molar-refractivity contribution in [3.8, 4) is 5.75 Å². The van der Waals surface area contributed by atoms with Crippen molar-refractivity contribution in [1.29, 1.82) is 0 Å². The first-order chi connectivity index (χ1) is 8.71. The number of rotatable bonds is 5. The van der Waals surface area contributed by atoms with Gasteiger partial charge in [-0.3, -0.25) is 4.84 Å². The minimum Gasteiger partial charge on any atom is -0.497 e. The summed E-state index contributed by atoms with van der Waals surface area (Å²) < 4.78 is 16.4. The SMILES string of the molecule is COc1ccc(CC2(OC)CN(OC)CO2)cc1. The van der Waals surface area contributed by atoms with Crippen molar-refractivity contribution < 1.29 is 19.0 Å². The van der Waals surface area contributed by atoms with Crippen LogP contribution in [0.15, 0.2) is 24.3 Å². The average Bonchev–Trinajstić information content (AvgIpc) is 2.84. The van der Waals surface area contributed by atoms with Crippen molar-refractivity contribution in [2.45, 2.75) is 12.2 Å². The van der Waals surface area contributed by atoms with Gasteiger partial charge in [0.1, 0.15) is 12.5 Å². The van der Waals surface area contributed by atoms with E-state index in [-0.39, 0.29) is 0 Å². The Morgan fingerprint density at radius 2 is 1.94 bits per heavy atom. The highest BCUT2D eigenvalue weighted by Gasteiger charge is 2.40. The molecule has 1 aromatic rings. The second-order valence-corrected chi connectivity index (χ2v) is 4.24. The van der Waals surface area contributed by atoms with Crippen LogP contribution in [0.2, 0.25) is 0 Å². The van der Waals surface area contributed by atoms with Crippen LogP contribution >= 0.6 is 0 Å². The van der Waals surface area contributed by atoms with Crippen LogP contribution in [0.25, 0.3) is 0 Å². The van der Waals surface area contributed by atoms with E-state index in [4.69, 9.17) is 19.0 Å². The zero-order valence-electron chi connectivity index (χ0n) is 11.0. The van der Waals surface area contributed by atoms with Gasteiger partial charge in [0.2, 0.25) is 0 Å². The Kier molecular flexibility index (Phi) is 4.19. The van der Waals surface area contributed by atoms with Crippen LogP contribution in [0.3, 0.4) is 0 Å². The number of ether oxygens (including phenoxy) is 3. The van der Waals surface area contributed by atoms with Gasteiger partial charge in [-0.1, -0.05) is 12.1 Å². The predicted molar refractivity (Wildman–Crippen MR) is 66.1 cm³/mol. The molecule has 0 N–H and O–H groups in total. The van der Waals surface area contributed by atoms with Crippen LogP contribution < -0.4 is 4.74 Å². The van der Waals surface area contributed by atoms with E-state index in [1.165, 1.54) is 0 Å². The van der Waals surface area contributed by atoms with Gasteiger partial charge in [0.15, 0.2) is 5.79 Å². The summed E-state index contributed by atoms with van der Waals surface area (Å²) >= 11 is 0. The fourth-order valence-corrected chi connectivity index (χ4v) is 2.02. The van der Waals surface area contributed by atoms with E-state index < -0.39 is 5.79 Å². The van der Waals surface area contributed by atoms with Gasteiger partial charge in [0.05, 0.1) is 20.8 Å². The molecule has 0 bridgehead atoms. The lowest BCUT2D eigenvalue weighted by Gasteiger charge is -2.26. The molecule has 1 aliphatic heterocycles. The largest absolute Gasteiger partial charge is 0.497 e. The molecule has 1 fully saturated rings. The van der Waals surface area contributed by atoms with E-state index in [0.717, 1.165) is 11.3 Å². The molecule has 1 heterocycles. The third-order valence-corrected chi connectivity index (χ3v) is 3.15. The molecule has 18 heavy (non-hydrogen) atoms. The molecule has 0 saturated carbocycles. The Morgan fingerprint density at radius 3 is 2.44 bits per heavy atom. The van der Waals surface area contributed by atoms with Crippen LogP contribution in [0.4, 0.5) is 0 Å². The molecule has 0 aliphatic carbocycles. The molecule has 5 nitrogen and oxygen atoms in total. The van der Waals surface area contributed by atoms with Crippen molar-refractivity contribution in [2.24, 2.45) is 0 Å². The quantitative estimate of drug-likeness (QED) is 0.794. The molecule has 1 saturated heterocycles. The molecule has 1 unspecified atom stereocenters. The zero-order valence-corrected chi connectivity index (χ0v) is 11.0. The van der Waals surface area contributed by atoms with Crippen LogP contribution in [-0.2, 0) is 20.7 Å². The summed E-state index contributed by atoms with van der Waals surface area (Å²) in [6.07, 6.45) is 0.674. The second-order valence-electron chi connectivity index (χ2n) is 4.24. The molecule has 1 aromatic carbocycles. The van der Waals surface area contributed by atoms with E-state index in [2.05, 4.69) is 0 Å². The van der Waals surface area contributed by atoms with Gasteiger partial charge in [0, 0.05) is 13.5 Å². The highest BCUT2D eigenvalue weighted by Crippen LogP contribution is 2.27. The van der Waals surface area contributed by atoms with E-state index >= 15 is 0 Å². The second kappa shape index (κ2) is 5.67. The molecule has 0 radical (unpaired) electrons. The lowest BCUT2D eigenvalue weighted by molar-refractivity contribution is -0.184. The first-order valence-electron chi connectivity index (χ1n) is 5.82. The maximum absolute atomic E-state index is 5.70. The number of hydrogen-bond acceptors (Lipinski definition) is 5. The van der Waals surface area contributed by atoms with Crippen molar-refractivity contribution in [1.82, 2.24) is 5.06 Å². The minimum atomic E-state index is -0.634. The first kappa shape index (κ1) is 13.3. The number of benzene rings is 1. The normalized spacial score (nSPS) is 24.4. The third-order valence-electron chi connectivity index (χ3n) is 3.15. The van der Waals surface area contributed by atoms with Crippen molar-refractivity contribution >= 4 is 0 Å². The fraction of sp³-hybridized carbons (Fsp3) is 0.538. The van der Waals surface area contributed by atoms with Crippen LogP contribution in [0, 0.1) is 0 Å². The molecule has 1 aliphatic rings. The Morgan fingerprint density at radius 1 is 1.22 bits per heavy atom. The smallest absolute Gasteiger partial charge is 0.188 e. The number of methoxy groups -OCH3 is 2. The Labute approximate surface area is 107 Å². The van der Waals surface area contributed by atoms with Crippen molar-refractivity contribution in [2.75, 3.05) is 34.6 Å². The first-order valence-corrected chi connectivity index (χ1v) is 5.82. The van der Waals surface area contributed by atoms with Gasteiger partial charge >= 0.3 is 0 Å². The summed E-state index contributed by atoms with van der Waals surface area (Å²) in [5.41, 5.74) is 1.13. The van der Waals surface area contributed by atoms with E-state index in [0.29, 0.717) is 19.7 Å². The van der Waals surface area contributed by atoms with Crippen molar-refractivity contribution in [3.05, 3.63) is 29.8 Å². The summed E-state index contributed by atoms with van der Waals surface area (Å²) in [4.78, 5) is 5.15. The van der Waals surface area contributed by atoms with E-state index in [9.17, 15) is 0 Å². The molecular weight excluding hydrogens is 234 g/mol. The van der Waals surface area contributed by atoms with E-state index in [1.54, 1.807) is 26.4 Å². The predicted octanol–water partition coefficient (Wildman–Crippen LogP) is 1.43. The highest BCUT2D eigenvalue weighted by molar-refractivity contribution is 5.28. The van der Waals surface area contributed by atoms with Crippen molar-refractivity contribution in [3.63, 3.8) is 0 Å². The molecule has 0 spiro atoms. The lowest BCUT2D eigenvalue weighted by Crippen LogP contribution is -2.38. The molecular formula is C13H19NO4. The van der Waals surface area contributed by atoms with Gasteiger partial charge in [-0.2, -0.15) is 5.06 Å². The van der Waals surface area contributed by atoms with E-state index in [1.807, 2.05) is 24.3 Å². The minimum absolute atomic E-state index is 0.417. The zero-order chi connectivity index (χ0) is 13.0. The van der Waals surface area contributed by atoms with Gasteiger partial charge in [-0.15, -0.1) is 0 Å². The molecule has 2 rings (SSSR count).